The Kier molecular flexibility index (Phi) is 5.21. The Bertz CT molecular complexity index is 637. The van der Waals surface area contributed by atoms with Crippen LogP contribution in [0.4, 0.5) is 4.39 Å². The maximum Gasteiger partial charge on any atom is 0.240 e. The Morgan fingerprint density at radius 2 is 2.00 bits per heavy atom. The Morgan fingerprint density at radius 3 is 2.59 bits per heavy atom. The highest BCUT2D eigenvalue weighted by Gasteiger charge is 2.33. The minimum absolute atomic E-state index is 0.318. The van der Waals surface area contributed by atoms with Crippen LogP contribution in [0.5, 0.6) is 0 Å². The molecule has 122 valence electrons. The molecular formula is C16H22FNO3S. The highest BCUT2D eigenvalue weighted by atomic mass is 32.2. The van der Waals surface area contributed by atoms with Gasteiger partial charge in [-0.25, -0.2) is 12.8 Å². The monoisotopic (exact) mass is 327 g/mol. The SMILES string of the molecule is CC1CCN(C(=O)C(C)S(=O)(=O)Cc2cccc(F)c2)CC1. The maximum atomic E-state index is 13.2. The molecule has 4 nitrogen and oxygen atoms in total. The maximum absolute atomic E-state index is 13.2. The van der Waals surface area contributed by atoms with Crippen LogP contribution in [-0.4, -0.2) is 37.6 Å². The number of carbonyl (C=O) groups excluding carboxylic acids is 1. The predicted molar refractivity (Wildman–Crippen MR) is 83.5 cm³/mol. The summed E-state index contributed by atoms with van der Waals surface area (Å²) in [6.07, 6.45) is 1.81. The molecule has 1 aliphatic rings. The third kappa shape index (κ3) is 4.06. The molecule has 1 amide bonds. The first-order valence-electron chi connectivity index (χ1n) is 7.54. The highest BCUT2D eigenvalue weighted by Crippen LogP contribution is 2.20. The molecule has 1 heterocycles. The van der Waals surface area contributed by atoms with Gasteiger partial charge in [-0.15, -0.1) is 0 Å². The lowest BCUT2D eigenvalue weighted by Gasteiger charge is -2.32. The summed E-state index contributed by atoms with van der Waals surface area (Å²) in [6.45, 7) is 4.78. The third-order valence-electron chi connectivity index (χ3n) is 4.24. The topological polar surface area (TPSA) is 54.5 Å². The standard InChI is InChI=1S/C16H22FNO3S/c1-12-6-8-18(9-7-12)16(19)13(2)22(20,21)11-14-4-3-5-15(17)10-14/h3-5,10,12-13H,6-9,11H2,1-2H3. The summed E-state index contributed by atoms with van der Waals surface area (Å²) in [4.78, 5) is 14.0. The van der Waals surface area contributed by atoms with Gasteiger partial charge in [-0.1, -0.05) is 19.1 Å². The number of carbonyl (C=O) groups is 1. The molecule has 1 aliphatic heterocycles. The average molecular weight is 327 g/mol. The van der Waals surface area contributed by atoms with E-state index >= 15 is 0 Å². The molecule has 0 aromatic heterocycles. The van der Waals surface area contributed by atoms with E-state index in [0.29, 0.717) is 24.6 Å². The summed E-state index contributed by atoms with van der Waals surface area (Å²) in [5, 5.41) is -1.09. The third-order valence-corrected chi connectivity index (χ3v) is 6.25. The van der Waals surface area contributed by atoms with Gasteiger partial charge >= 0.3 is 0 Å². The number of nitrogens with zero attached hydrogens (tertiary/aromatic N) is 1. The summed E-state index contributed by atoms with van der Waals surface area (Å²) in [6, 6.07) is 5.48. The van der Waals surface area contributed by atoms with Crippen molar-refractivity contribution < 1.29 is 17.6 Å². The lowest BCUT2D eigenvalue weighted by atomic mass is 9.99. The van der Waals surface area contributed by atoms with Crippen LogP contribution in [0.25, 0.3) is 0 Å². The molecule has 0 radical (unpaired) electrons. The molecule has 0 spiro atoms. The van der Waals surface area contributed by atoms with Gasteiger partial charge < -0.3 is 4.90 Å². The fourth-order valence-corrected chi connectivity index (χ4v) is 3.97. The molecule has 1 fully saturated rings. The van der Waals surface area contributed by atoms with E-state index in [2.05, 4.69) is 6.92 Å². The van der Waals surface area contributed by atoms with Crippen LogP contribution in [-0.2, 0) is 20.4 Å². The number of halogens is 1. The van der Waals surface area contributed by atoms with E-state index in [1.54, 1.807) is 11.0 Å². The van der Waals surface area contributed by atoms with Crippen LogP contribution < -0.4 is 0 Å². The van der Waals surface area contributed by atoms with Crippen molar-refractivity contribution in [3.8, 4) is 0 Å². The molecule has 0 saturated carbocycles. The largest absolute Gasteiger partial charge is 0.342 e. The van der Waals surface area contributed by atoms with Gasteiger partial charge in [0.2, 0.25) is 5.91 Å². The van der Waals surface area contributed by atoms with E-state index in [1.807, 2.05) is 0 Å². The first kappa shape index (κ1) is 16.9. The van der Waals surface area contributed by atoms with Crippen molar-refractivity contribution in [1.29, 1.82) is 0 Å². The molecule has 0 N–H and O–H groups in total. The summed E-state index contributed by atoms with van der Waals surface area (Å²) >= 11 is 0. The number of rotatable bonds is 4. The first-order valence-corrected chi connectivity index (χ1v) is 9.26. The van der Waals surface area contributed by atoms with Gasteiger partial charge in [-0.05, 0) is 43.4 Å². The van der Waals surface area contributed by atoms with Crippen molar-refractivity contribution in [2.75, 3.05) is 13.1 Å². The molecular weight excluding hydrogens is 305 g/mol. The second-order valence-corrected chi connectivity index (χ2v) is 8.41. The number of amides is 1. The second-order valence-electron chi connectivity index (χ2n) is 6.09. The van der Waals surface area contributed by atoms with E-state index in [-0.39, 0.29) is 11.7 Å². The molecule has 2 rings (SSSR count). The average Bonchev–Trinajstić information content (AvgIpc) is 2.46. The fourth-order valence-electron chi connectivity index (χ4n) is 2.62. The van der Waals surface area contributed by atoms with E-state index in [1.165, 1.54) is 25.1 Å². The molecule has 1 saturated heterocycles. The summed E-state index contributed by atoms with van der Waals surface area (Å²) in [5.41, 5.74) is 0.368. The second kappa shape index (κ2) is 6.77. The van der Waals surface area contributed by atoms with Gasteiger partial charge in [0.05, 0.1) is 5.75 Å². The first-order chi connectivity index (χ1) is 10.3. The number of hydrogen-bond donors (Lipinski definition) is 0. The molecule has 1 aromatic carbocycles. The number of likely N-dealkylation sites (tertiary alicyclic amines) is 1. The molecule has 1 aromatic rings. The molecule has 6 heteroatoms. The lowest BCUT2D eigenvalue weighted by Crippen LogP contribution is -2.45. The number of hydrogen-bond acceptors (Lipinski definition) is 3. The minimum atomic E-state index is -3.65. The van der Waals surface area contributed by atoms with Crippen molar-refractivity contribution in [1.82, 2.24) is 4.90 Å². The van der Waals surface area contributed by atoms with Crippen LogP contribution >= 0.6 is 0 Å². The minimum Gasteiger partial charge on any atom is -0.342 e. The predicted octanol–water partition coefficient (Wildman–Crippen LogP) is 2.39. The summed E-state index contributed by atoms with van der Waals surface area (Å²) in [5.74, 6) is -0.565. The van der Waals surface area contributed by atoms with Crippen LogP contribution in [0.3, 0.4) is 0 Å². The Hall–Kier alpha value is -1.43. The zero-order valence-electron chi connectivity index (χ0n) is 13.0. The van der Waals surface area contributed by atoms with Gasteiger partial charge in [0.15, 0.2) is 9.84 Å². The lowest BCUT2D eigenvalue weighted by molar-refractivity contribution is -0.131. The molecule has 0 aliphatic carbocycles. The van der Waals surface area contributed by atoms with E-state index < -0.39 is 20.9 Å². The van der Waals surface area contributed by atoms with Crippen LogP contribution in [0.2, 0.25) is 0 Å². The van der Waals surface area contributed by atoms with E-state index in [9.17, 15) is 17.6 Å². The zero-order chi connectivity index (χ0) is 16.3. The Balaban J connectivity index is 2.06. The van der Waals surface area contributed by atoms with E-state index in [4.69, 9.17) is 0 Å². The van der Waals surface area contributed by atoms with Gasteiger partial charge in [-0.3, -0.25) is 4.79 Å². The molecule has 1 atom stereocenters. The molecule has 0 bridgehead atoms. The summed E-state index contributed by atoms with van der Waals surface area (Å²) in [7, 11) is -3.65. The molecule has 22 heavy (non-hydrogen) atoms. The normalized spacial score (nSPS) is 18.2. The smallest absolute Gasteiger partial charge is 0.240 e. The van der Waals surface area contributed by atoms with Gasteiger partial charge in [0.1, 0.15) is 11.1 Å². The van der Waals surface area contributed by atoms with Crippen molar-refractivity contribution in [2.45, 2.75) is 37.7 Å². The van der Waals surface area contributed by atoms with Crippen molar-refractivity contribution in [2.24, 2.45) is 5.92 Å². The van der Waals surface area contributed by atoms with Crippen molar-refractivity contribution >= 4 is 15.7 Å². The Morgan fingerprint density at radius 1 is 1.36 bits per heavy atom. The van der Waals surface area contributed by atoms with Gasteiger partial charge in [0.25, 0.3) is 0 Å². The van der Waals surface area contributed by atoms with Gasteiger partial charge in [-0.2, -0.15) is 0 Å². The molecule has 1 unspecified atom stereocenters. The number of benzene rings is 1. The summed E-state index contributed by atoms with van der Waals surface area (Å²) < 4.78 is 37.9. The van der Waals surface area contributed by atoms with Crippen molar-refractivity contribution in [3.63, 3.8) is 0 Å². The van der Waals surface area contributed by atoms with Crippen LogP contribution in [0.15, 0.2) is 24.3 Å². The Labute approximate surface area is 131 Å². The quantitative estimate of drug-likeness (QED) is 0.853. The van der Waals surface area contributed by atoms with Crippen LogP contribution in [0, 0.1) is 11.7 Å². The number of piperidine rings is 1. The number of sulfone groups is 1. The highest BCUT2D eigenvalue weighted by molar-refractivity contribution is 7.92. The van der Waals surface area contributed by atoms with Crippen molar-refractivity contribution in [3.05, 3.63) is 35.6 Å². The zero-order valence-corrected chi connectivity index (χ0v) is 13.8. The fraction of sp³-hybridized carbons (Fsp3) is 0.562. The van der Waals surface area contributed by atoms with Gasteiger partial charge in [0, 0.05) is 13.1 Å². The van der Waals surface area contributed by atoms with Crippen LogP contribution in [0.1, 0.15) is 32.3 Å². The van der Waals surface area contributed by atoms with E-state index in [0.717, 1.165) is 12.8 Å².